The fraction of sp³-hybridized carbons (Fsp3) is 0.517. The van der Waals surface area contributed by atoms with Crippen LogP contribution in [0.15, 0.2) is 61.7 Å². The zero-order valence-electron chi connectivity index (χ0n) is 23.8. The standard InChI is InChI=1S/C17H24N4.C8H14.C2H7NO2S.C2H4/c1-21(2)16-14-10-6-7-11-15(14)19-17(20-16)18-12-13-8-4-3-5-9-13;1-3-5-7-8-6-4-2;1-3-6(2,4)5;1-2/h6-7,10-11,13H,3-5,8-9,12H2,1-2H3,(H,18,19,20);3,5-6,8H,4,7H2,1-2H3;3H,1-2H3;1-2H2/b;5-3-,8-6-;;. The van der Waals surface area contributed by atoms with Crippen LogP contribution >= 0.6 is 0 Å². The predicted octanol–water partition coefficient (Wildman–Crippen LogP) is 6.57. The molecule has 37 heavy (non-hydrogen) atoms. The minimum atomic E-state index is -2.91. The van der Waals surface area contributed by atoms with Gasteiger partial charge in [0, 0.05) is 26.0 Å². The van der Waals surface area contributed by atoms with E-state index >= 15 is 0 Å². The summed E-state index contributed by atoms with van der Waals surface area (Å²) in [6.07, 6.45) is 18.7. The molecular formula is C29H49N5O2S. The molecular weight excluding hydrogens is 482 g/mol. The number of sulfonamides is 1. The topological polar surface area (TPSA) is 87.2 Å². The van der Waals surface area contributed by atoms with Gasteiger partial charge in [-0.2, -0.15) is 4.98 Å². The third-order valence-electron chi connectivity index (χ3n) is 5.56. The van der Waals surface area contributed by atoms with E-state index in [0.29, 0.717) is 0 Å². The Kier molecular flexibility index (Phi) is 18.9. The molecule has 8 heteroatoms. The Morgan fingerprint density at radius 3 is 2.22 bits per heavy atom. The van der Waals surface area contributed by atoms with Crippen molar-refractivity contribution in [3.63, 3.8) is 0 Å². The van der Waals surface area contributed by atoms with Crippen LogP contribution in [0, 0.1) is 5.92 Å². The molecule has 0 aliphatic heterocycles. The normalized spacial score (nSPS) is 13.7. The number of hydrogen-bond acceptors (Lipinski definition) is 6. The molecule has 208 valence electrons. The summed E-state index contributed by atoms with van der Waals surface area (Å²) in [6.45, 7) is 11.2. The van der Waals surface area contributed by atoms with Crippen LogP contribution in [0.4, 0.5) is 11.8 Å². The van der Waals surface area contributed by atoms with Crippen molar-refractivity contribution < 1.29 is 8.42 Å². The summed E-state index contributed by atoms with van der Waals surface area (Å²) >= 11 is 0. The Hall–Kier alpha value is -2.71. The van der Waals surface area contributed by atoms with Gasteiger partial charge in [0.25, 0.3) is 0 Å². The number of aromatic nitrogens is 2. The lowest BCUT2D eigenvalue weighted by molar-refractivity contribution is 0.373. The SMILES string of the molecule is C/C=C\C/C=C\CC.C=C.CN(C)c1nc(NCC2CCCCC2)nc2ccccc12.CNS(C)(=O)=O. The summed E-state index contributed by atoms with van der Waals surface area (Å²) < 4.78 is 21.9. The minimum absolute atomic E-state index is 0.753. The van der Waals surface area contributed by atoms with Crippen molar-refractivity contribution in [2.75, 3.05) is 44.2 Å². The van der Waals surface area contributed by atoms with Crippen LogP contribution in [0.2, 0.25) is 0 Å². The number of rotatable bonds is 8. The van der Waals surface area contributed by atoms with Crippen molar-refractivity contribution in [1.29, 1.82) is 0 Å². The van der Waals surface area contributed by atoms with E-state index < -0.39 is 10.0 Å². The molecule has 0 saturated heterocycles. The van der Waals surface area contributed by atoms with Crippen LogP contribution in [0.5, 0.6) is 0 Å². The van der Waals surface area contributed by atoms with Gasteiger partial charge < -0.3 is 10.2 Å². The molecule has 3 rings (SSSR count). The predicted molar refractivity (Wildman–Crippen MR) is 163 cm³/mol. The van der Waals surface area contributed by atoms with Crippen LogP contribution in [0.3, 0.4) is 0 Å². The second-order valence-corrected chi connectivity index (χ2v) is 10.8. The first kappa shape index (κ1) is 34.3. The van der Waals surface area contributed by atoms with Crippen molar-refractivity contribution in [1.82, 2.24) is 14.7 Å². The minimum Gasteiger partial charge on any atom is -0.362 e. The van der Waals surface area contributed by atoms with Gasteiger partial charge >= 0.3 is 0 Å². The van der Waals surface area contributed by atoms with Crippen LogP contribution in [0.1, 0.15) is 58.8 Å². The highest BCUT2D eigenvalue weighted by Crippen LogP contribution is 2.26. The molecule has 1 heterocycles. The zero-order chi connectivity index (χ0) is 28.1. The van der Waals surface area contributed by atoms with Gasteiger partial charge in [0.1, 0.15) is 5.82 Å². The molecule has 2 aromatic rings. The van der Waals surface area contributed by atoms with Crippen LogP contribution in [-0.2, 0) is 10.0 Å². The van der Waals surface area contributed by atoms with Crippen molar-refractivity contribution in [2.24, 2.45) is 5.92 Å². The van der Waals surface area contributed by atoms with Gasteiger partial charge in [-0.25, -0.2) is 18.1 Å². The summed E-state index contributed by atoms with van der Waals surface area (Å²) in [7, 11) is 2.51. The fourth-order valence-corrected chi connectivity index (χ4v) is 3.58. The lowest BCUT2D eigenvalue weighted by Crippen LogP contribution is -2.19. The van der Waals surface area contributed by atoms with Crippen molar-refractivity contribution in [3.05, 3.63) is 61.7 Å². The average molecular weight is 532 g/mol. The molecule has 1 aromatic carbocycles. The maximum absolute atomic E-state index is 9.89. The molecule has 1 aromatic heterocycles. The van der Waals surface area contributed by atoms with Gasteiger partial charge in [-0.3, -0.25) is 0 Å². The highest BCUT2D eigenvalue weighted by atomic mass is 32.2. The third kappa shape index (κ3) is 15.9. The average Bonchev–Trinajstić information content (AvgIpc) is 2.91. The number of nitrogens with zero attached hydrogens (tertiary/aromatic N) is 3. The highest BCUT2D eigenvalue weighted by molar-refractivity contribution is 7.88. The number of fused-ring (bicyclic) bond motifs is 1. The summed E-state index contributed by atoms with van der Waals surface area (Å²) in [5.74, 6) is 2.51. The Morgan fingerprint density at radius 2 is 1.68 bits per heavy atom. The molecule has 0 spiro atoms. The molecule has 0 radical (unpaired) electrons. The molecule has 1 saturated carbocycles. The number of anilines is 2. The van der Waals surface area contributed by atoms with Crippen LogP contribution < -0.4 is 14.9 Å². The molecule has 7 nitrogen and oxygen atoms in total. The first-order valence-corrected chi connectivity index (χ1v) is 14.9. The lowest BCUT2D eigenvalue weighted by atomic mass is 9.89. The largest absolute Gasteiger partial charge is 0.362 e. The summed E-state index contributed by atoms with van der Waals surface area (Å²) in [5, 5.41) is 4.56. The second-order valence-electron chi connectivity index (χ2n) is 8.83. The Morgan fingerprint density at radius 1 is 1.05 bits per heavy atom. The van der Waals surface area contributed by atoms with Gasteiger partial charge in [0.2, 0.25) is 16.0 Å². The molecule has 0 atom stereocenters. The van der Waals surface area contributed by atoms with Crippen LogP contribution in [-0.4, -0.2) is 52.3 Å². The Balaban J connectivity index is 0.000000673. The Labute approximate surface area is 226 Å². The van der Waals surface area contributed by atoms with Gasteiger partial charge in [-0.05, 0) is 57.7 Å². The molecule has 1 aliphatic carbocycles. The van der Waals surface area contributed by atoms with Crippen molar-refractivity contribution in [3.8, 4) is 0 Å². The van der Waals surface area contributed by atoms with Gasteiger partial charge in [0.05, 0.1) is 11.8 Å². The van der Waals surface area contributed by atoms with Crippen LogP contribution in [0.25, 0.3) is 10.9 Å². The maximum Gasteiger partial charge on any atom is 0.225 e. The van der Waals surface area contributed by atoms with Gasteiger partial charge in [-0.1, -0.05) is 62.6 Å². The maximum atomic E-state index is 9.89. The van der Waals surface area contributed by atoms with E-state index in [1.165, 1.54) is 39.2 Å². The monoisotopic (exact) mass is 531 g/mol. The molecule has 1 aliphatic rings. The smallest absolute Gasteiger partial charge is 0.225 e. The summed E-state index contributed by atoms with van der Waals surface area (Å²) in [4.78, 5) is 11.4. The molecule has 1 fully saturated rings. The van der Waals surface area contributed by atoms with E-state index in [1.54, 1.807) is 0 Å². The molecule has 2 N–H and O–H groups in total. The van der Waals surface area contributed by atoms with Crippen molar-refractivity contribution >= 4 is 32.7 Å². The van der Waals surface area contributed by atoms with E-state index in [9.17, 15) is 8.42 Å². The first-order chi connectivity index (χ1) is 17.7. The molecule has 0 unspecified atom stereocenters. The third-order valence-corrected chi connectivity index (χ3v) is 6.30. The number of para-hydroxylation sites is 1. The Bertz CT molecular complexity index is 1030. The van der Waals surface area contributed by atoms with E-state index in [-0.39, 0.29) is 0 Å². The fourth-order valence-electron chi connectivity index (χ4n) is 3.58. The number of allylic oxidation sites excluding steroid dienone is 4. The molecule has 0 amide bonds. The first-order valence-electron chi connectivity index (χ1n) is 13.0. The van der Waals surface area contributed by atoms with E-state index in [2.05, 4.69) is 81.4 Å². The highest BCUT2D eigenvalue weighted by Gasteiger charge is 2.14. The lowest BCUT2D eigenvalue weighted by Gasteiger charge is -2.22. The van der Waals surface area contributed by atoms with Crippen molar-refractivity contribution in [2.45, 2.75) is 58.8 Å². The molecule has 0 bridgehead atoms. The van der Waals surface area contributed by atoms with Gasteiger partial charge in [0.15, 0.2) is 0 Å². The van der Waals surface area contributed by atoms with E-state index in [1.807, 2.05) is 33.2 Å². The van der Waals surface area contributed by atoms with E-state index in [0.717, 1.165) is 54.2 Å². The second kappa shape index (κ2) is 20.4. The summed E-state index contributed by atoms with van der Waals surface area (Å²) in [6, 6.07) is 8.19. The van der Waals surface area contributed by atoms with Gasteiger partial charge in [-0.15, -0.1) is 13.2 Å². The summed E-state index contributed by atoms with van der Waals surface area (Å²) in [5.41, 5.74) is 1.00. The number of nitrogens with one attached hydrogen (secondary N) is 2. The zero-order valence-corrected chi connectivity index (χ0v) is 24.7. The quantitative estimate of drug-likeness (QED) is 0.374. The van der Waals surface area contributed by atoms with E-state index in [4.69, 9.17) is 0 Å². The number of benzene rings is 1. The number of hydrogen-bond donors (Lipinski definition) is 2.